The van der Waals surface area contributed by atoms with Gasteiger partial charge in [-0.1, -0.05) is 187 Å². The van der Waals surface area contributed by atoms with Crippen molar-refractivity contribution < 1.29 is 42.9 Å². The highest BCUT2D eigenvalue weighted by Gasteiger charge is 2.60. The average molecular weight is 939 g/mol. The second-order valence-electron chi connectivity index (χ2n) is 22.0. The number of carbonyl (C=O) groups excluding carboxylic acids is 5. The molecule has 4 aliphatic rings. The third kappa shape index (κ3) is 20.3. The molecule has 0 N–H and O–H groups in total. The summed E-state index contributed by atoms with van der Waals surface area (Å²) in [5.41, 5.74) is 1.35. The summed E-state index contributed by atoms with van der Waals surface area (Å²) in [7, 11) is 0. The summed E-state index contributed by atoms with van der Waals surface area (Å²) in [5.74, 6) is 0.171. The van der Waals surface area contributed by atoms with Gasteiger partial charge in [0, 0.05) is 24.7 Å². The van der Waals surface area contributed by atoms with Crippen LogP contribution in [0.15, 0.2) is 11.6 Å². The first-order valence-corrected chi connectivity index (χ1v) is 28.4. The number of ketones is 1. The lowest BCUT2D eigenvalue weighted by molar-refractivity contribution is -0.169. The van der Waals surface area contributed by atoms with Gasteiger partial charge in [-0.15, -0.1) is 0 Å². The van der Waals surface area contributed by atoms with Crippen molar-refractivity contribution in [1.82, 2.24) is 0 Å². The van der Waals surface area contributed by atoms with Gasteiger partial charge < -0.3 is 18.9 Å². The molecule has 0 radical (unpaired) electrons. The highest BCUT2D eigenvalue weighted by atomic mass is 16.6. The first kappa shape index (κ1) is 56.9. The Balaban J connectivity index is 1.15. The molecule has 0 aromatic heterocycles. The minimum atomic E-state index is -0.950. The Labute approximate surface area is 408 Å². The fraction of sp³-hybridized carbons (Fsp3) is 0.879. The molecule has 0 saturated heterocycles. The molecule has 0 heterocycles. The van der Waals surface area contributed by atoms with Gasteiger partial charge in [-0.25, -0.2) is 0 Å². The summed E-state index contributed by atoms with van der Waals surface area (Å²) in [5, 5.41) is 0. The van der Waals surface area contributed by atoms with E-state index in [-0.39, 0.29) is 60.7 Å². The largest absolute Gasteiger partial charge is 0.462 e. The molecule has 0 aromatic carbocycles. The van der Waals surface area contributed by atoms with Gasteiger partial charge >= 0.3 is 23.9 Å². The van der Waals surface area contributed by atoms with Crippen LogP contribution >= 0.6 is 0 Å². The van der Waals surface area contributed by atoms with E-state index in [1.165, 1.54) is 134 Å². The Kier molecular flexibility index (Phi) is 27.4. The number of ether oxygens (including phenoxy) is 4. The first-order chi connectivity index (χ1) is 32.5. The predicted octanol–water partition coefficient (Wildman–Crippen LogP) is 15.2. The summed E-state index contributed by atoms with van der Waals surface area (Å²) >= 11 is 0. The van der Waals surface area contributed by atoms with E-state index in [2.05, 4.69) is 27.7 Å². The minimum Gasteiger partial charge on any atom is -0.462 e. The highest BCUT2D eigenvalue weighted by molar-refractivity contribution is 5.91. The molecule has 1 unspecified atom stereocenters. The van der Waals surface area contributed by atoms with Gasteiger partial charge in [0.1, 0.15) is 19.3 Å². The van der Waals surface area contributed by atoms with Gasteiger partial charge in [0.05, 0.1) is 12.8 Å². The summed E-state index contributed by atoms with van der Waals surface area (Å²) < 4.78 is 23.0. The summed E-state index contributed by atoms with van der Waals surface area (Å²) in [6.07, 6.45) is 40.6. The summed E-state index contributed by atoms with van der Waals surface area (Å²) in [6, 6.07) is 0. The van der Waals surface area contributed by atoms with Crippen LogP contribution in [0, 0.1) is 28.6 Å². The zero-order chi connectivity index (χ0) is 48.2. The number of fused-ring (bicyclic) bond motifs is 5. The second-order valence-corrected chi connectivity index (χ2v) is 22.0. The lowest BCUT2D eigenvalue weighted by atomic mass is 9.47. The maximum atomic E-state index is 13.3. The van der Waals surface area contributed by atoms with E-state index in [4.69, 9.17) is 18.9 Å². The number of hydrogen-bond acceptors (Lipinski definition) is 9. The zero-order valence-corrected chi connectivity index (χ0v) is 43.4. The van der Waals surface area contributed by atoms with Crippen LogP contribution in [-0.2, 0) is 42.9 Å². The fourth-order valence-corrected chi connectivity index (χ4v) is 12.6. The minimum absolute atomic E-state index is 0.0969. The topological polar surface area (TPSA) is 122 Å². The lowest BCUT2D eigenvalue weighted by Gasteiger charge is -2.57. The van der Waals surface area contributed by atoms with E-state index in [9.17, 15) is 24.0 Å². The normalized spacial score (nSPS) is 24.4. The van der Waals surface area contributed by atoms with E-state index in [1.54, 1.807) is 0 Å². The molecule has 0 amide bonds. The van der Waals surface area contributed by atoms with Crippen molar-refractivity contribution in [3.63, 3.8) is 0 Å². The van der Waals surface area contributed by atoms with Crippen LogP contribution in [0.2, 0.25) is 0 Å². The number of carbonyl (C=O) groups is 5. The molecule has 384 valence electrons. The summed E-state index contributed by atoms with van der Waals surface area (Å²) in [4.78, 5) is 64.3. The molecule has 0 spiro atoms. The Bertz CT molecular complexity index is 1440. The molecule has 0 aliphatic heterocycles. The maximum absolute atomic E-state index is 13.3. The quantitative estimate of drug-likeness (QED) is 0.0340. The summed E-state index contributed by atoms with van der Waals surface area (Å²) in [6.45, 7) is 8.80. The molecular formula is C58H98O9. The van der Waals surface area contributed by atoms with Gasteiger partial charge in [0.15, 0.2) is 11.9 Å². The van der Waals surface area contributed by atoms with Gasteiger partial charge in [-0.3, -0.25) is 24.0 Å². The van der Waals surface area contributed by atoms with Crippen molar-refractivity contribution >= 4 is 29.7 Å². The monoisotopic (exact) mass is 939 g/mol. The molecule has 4 aliphatic carbocycles. The van der Waals surface area contributed by atoms with Crippen molar-refractivity contribution in [2.24, 2.45) is 28.6 Å². The molecule has 4 rings (SSSR count). The molecular weight excluding hydrogens is 841 g/mol. The lowest BCUT2D eigenvalue weighted by Crippen LogP contribution is -2.51. The Morgan fingerprint density at radius 3 is 1.48 bits per heavy atom. The van der Waals surface area contributed by atoms with Crippen LogP contribution in [0.5, 0.6) is 0 Å². The third-order valence-corrected chi connectivity index (χ3v) is 16.8. The van der Waals surface area contributed by atoms with Gasteiger partial charge in [-0.2, -0.15) is 0 Å². The fourth-order valence-electron chi connectivity index (χ4n) is 12.6. The van der Waals surface area contributed by atoms with Crippen LogP contribution in [0.3, 0.4) is 0 Å². The van der Waals surface area contributed by atoms with Crippen molar-refractivity contribution in [1.29, 1.82) is 0 Å². The molecule has 3 saturated carbocycles. The van der Waals surface area contributed by atoms with E-state index in [1.807, 2.05) is 6.08 Å². The standard InChI is InChI=1S/C58H98O9/c1-5-7-9-11-13-15-17-19-21-23-25-27-29-31-53(60)64-44-48(45-65-54(61)32-30-28-26-24-22-20-18-16-14-12-10-8-6-2)66-55(62)37-38-56(63)67-52-36-35-50-49-34-33-46-43-47(59)39-41-57(46,3)51(49)40-42-58(50,52)4/h43,48-52H,5-42,44-45H2,1-4H3/t49-,50-,51-,52?,57-,58-/m0/s1. The van der Waals surface area contributed by atoms with E-state index in [0.717, 1.165) is 83.5 Å². The maximum Gasteiger partial charge on any atom is 0.306 e. The van der Waals surface area contributed by atoms with Crippen molar-refractivity contribution in [3.05, 3.63) is 11.6 Å². The Morgan fingerprint density at radius 1 is 0.522 bits per heavy atom. The van der Waals surface area contributed by atoms with Crippen molar-refractivity contribution in [2.75, 3.05) is 13.2 Å². The highest BCUT2D eigenvalue weighted by Crippen LogP contribution is 2.65. The molecule has 67 heavy (non-hydrogen) atoms. The number of allylic oxidation sites excluding steroid dienone is 1. The number of unbranched alkanes of at least 4 members (excludes halogenated alkanes) is 24. The molecule has 9 heteroatoms. The number of esters is 4. The first-order valence-electron chi connectivity index (χ1n) is 28.4. The van der Waals surface area contributed by atoms with Crippen LogP contribution < -0.4 is 0 Å². The number of rotatable bonds is 37. The van der Waals surface area contributed by atoms with Crippen LogP contribution in [0.4, 0.5) is 0 Å². The Morgan fingerprint density at radius 2 is 0.985 bits per heavy atom. The second kappa shape index (κ2) is 32.2. The molecule has 9 nitrogen and oxygen atoms in total. The van der Waals surface area contributed by atoms with E-state index >= 15 is 0 Å². The van der Waals surface area contributed by atoms with E-state index < -0.39 is 18.0 Å². The molecule has 0 aromatic rings. The molecule has 3 fully saturated rings. The van der Waals surface area contributed by atoms with Crippen molar-refractivity contribution in [2.45, 2.75) is 284 Å². The van der Waals surface area contributed by atoms with E-state index in [0.29, 0.717) is 37.0 Å². The van der Waals surface area contributed by atoms with Crippen LogP contribution in [-0.4, -0.2) is 55.1 Å². The Hall–Kier alpha value is -2.71. The zero-order valence-electron chi connectivity index (χ0n) is 43.4. The van der Waals surface area contributed by atoms with Crippen LogP contribution in [0.1, 0.15) is 272 Å². The van der Waals surface area contributed by atoms with Gasteiger partial charge in [0.25, 0.3) is 0 Å². The van der Waals surface area contributed by atoms with Gasteiger partial charge in [0.2, 0.25) is 0 Å². The average Bonchev–Trinajstić information content (AvgIpc) is 3.65. The molecule has 0 bridgehead atoms. The van der Waals surface area contributed by atoms with Crippen molar-refractivity contribution in [3.8, 4) is 0 Å². The third-order valence-electron chi connectivity index (χ3n) is 16.8. The van der Waals surface area contributed by atoms with Gasteiger partial charge in [-0.05, 0) is 87.0 Å². The molecule has 6 atom stereocenters. The predicted molar refractivity (Wildman–Crippen MR) is 268 cm³/mol. The smallest absolute Gasteiger partial charge is 0.306 e. The number of hydrogen-bond donors (Lipinski definition) is 0. The SMILES string of the molecule is CCCCCCCCCCCCCCCC(=O)OCC(COC(=O)CCCCCCCCCCCCCCC)OC(=O)CCC(=O)OC1CC[C@H]2[C@@H]3CCC4=CC(=O)CC[C@]4(C)[C@H]3CC[C@]12C. The van der Waals surface area contributed by atoms with Crippen LogP contribution in [0.25, 0.3) is 0 Å².